The lowest BCUT2D eigenvalue weighted by atomic mass is 10.1. The average Bonchev–Trinajstić information content (AvgIpc) is 2.43. The third-order valence-electron chi connectivity index (χ3n) is 3.32. The van der Waals surface area contributed by atoms with Crippen LogP contribution < -0.4 is 5.73 Å². The van der Waals surface area contributed by atoms with Gasteiger partial charge in [-0.2, -0.15) is 0 Å². The maximum Gasteiger partial charge on any atom is 0.229 e. The van der Waals surface area contributed by atoms with Gasteiger partial charge in [0.1, 0.15) is 0 Å². The number of imide groups is 1. The van der Waals surface area contributed by atoms with Crippen LogP contribution in [-0.4, -0.2) is 67.0 Å². The number of guanidine groups is 1. The number of piperidine rings is 1. The van der Waals surface area contributed by atoms with Gasteiger partial charge in [-0.05, 0) is 6.42 Å². The van der Waals surface area contributed by atoms with Gasteiger partial charge in [-0.1, -0.05) is 0 Å². The normalized spacial score (nSPS) is 20.9. The van der Waals surface area contributed by atoms with Crippen LogP contribution in [-0.2, 0) is 14.3 Å². The molecule has 0 atom stereocenters. The third kappa shape index (κ3) is 4.58. The fourth-order valence-electron chi connectivity index (χ4n) is 2.21. The smallest absolute Gasteiger partial charge is 0.229 e. The molecule has 2 heterocycles. The SMILES string of the molecule is I.NC(=NCCN1C(=O)CCCC1=O)N1CCOCC1. The van der Waals surface area contributed by atoms with Crippen molar-refractivity contribution in [3.63, 3.8) is 0 Å². The van der Waals surface area contributed by atoms with Gasteiger partial charge in [-0.25, -0.2) is 0 Å². The van der Waals surface area contributed by atoms with Crippen LogP contribution in [0, 0.1) is 0 Å². The van der Waals surface area contributed by atoms with Gasteiger partial charge in [-0.15, -0.1) is 24.0 Å². The molecular weight excluding hydrogens is 375 g/mol. The molecule has 8 heteroatoms. The molecule has 0 aromatic carbocycles. The van der Waals surface area contributed by atoms with Gasteiger partial charge in [0.25, 0.3) is 0 Å². The van der Waals surface area contributed by atoms with Gasteiger partial charge in [0, 0.05) is 32.5 Å². The Bertz CT molecular complexity index is 367. The van der Waals surface area contributed by atoms with Crippen LogP contribution in [0.3, 0.4) is 0 Å². The van der Waals surface area contributed by atoms with Crippen LogP contribution in [0.2, 0.25) is 0 Å². The van der Waals surface area contributed by atoms with Crippen LogP contribution >= 0.6 is 24.0 Å². The van der Waals surface area contributed by atoms with Crippen molar-refractivity contribution >= 4 is 41.8 Å². The number of nitrogens with zero attached hydrogens (tertiary/aromatic N) is 3. The van der Waals surface area contributed by atoms with Crippen LogP contribution in [0.1, 0.15) is 19.3 Å². The van der Waals surface area contributed by atoms with Gasteiger partial charge in [0.15, 0.2) is 5.96 Å². The second-order valence-corrected chi connectivity index (χ2v) is 4.63. The summed E-state index contributed by atoms with van der Waals surface area (Å²) in [6.45, 7) is 3.45. The Labute approximate surface area is 135 Å². The lowest BCUT2D eigenvalue weighted by Crippen LogP contribution is -2.45. The van der Waals surface area contributed by atoms with E-state index in [-0.39, 0.29) is 35.8 Å². The van der Waals surface area contributed by atoms with E-state index in [1.165, 1.54) is 4.90 Å². The molecule has 0 spiro atoms. The Morgan fingerprint density at radius 1 is 1.20 bits per heavy atom. The van der Waals surface area contributed by atoms with E-state index in [2.05, 4.69) is 4.99 Å². The molecule has 0 saturated carbocycles. The molecule has 0 radical (unpaired) electrons. The summed E-state index contributed by atoms with van der Waals surface area (Å²) in [6.07, 6.45) is 1.57. The molecule has 7 nitrogen and oxygen atoms in total. The molecule has 2 aliphatic rings. The first kappa shape index (κ1) is 17.2. The molecule has 2 aliphatic heterocycles. The number of hydrogen-bond acceptors (Lipinski definition) is 4. The Morgan fingerprint density at radius 2 is 1.80 bits per heavy atom. The summed E-state index contributed by atoms with van der Waals surface area (Å²) in [6, 6.07) is 0. The van der Waals surface area contributed by atoms with Crippen LogP contribution in [0.15, 0.2) is 4.99 Å². The Hall–Kier alpha value is -0.900. The van der Waals surface area contributed by atoms with Crippen molar-refractivity contribution in [3.8, 4) is 0 Å². The van der Waals surface area contributed by atoms with Crippen molar-refractivity contribution in [1.29, 1.82) is 0 Å². The fourth-order valence-corrected chi connectivity index (χ4v) is 2.21. The molecule has 2 saturated heterocycles. The molecule has 2 rings (SSSR count). The number of hydrogen-bond donors (Lipinski definition) is 1. The van der Waals surface area contributed by atoms with Crippen LogP contribution in [0.25, 0.3) is 0 Å². The first-order chi connectivity index (χ1) is 9.18. The Morgan fingerprint density at radius 3 is 2.40 bits per heavy atom. The van der Waals surface area contributed by atoms with Crippen molar-refractivity contribution in [3.05, 3.63) is 0 Å². The van der Waals surface area contributed by atoms with E-state index in [0.717, 1.165) is 13.1 Å². The van der Waals surface area contributed by atoms with Gasteiger partial charge < -0.3 is 15.4 Å². The second-order valence-electron chi connectivity index (χ2n) is 4.63. The zero-order valence-electron chi connectivity index (χ0n) is 11.4. The first-order valence-electron chi connectivity index (χ1n) is 6.64. The molecule has 0 unspecified atom stereocenters. The number of morpholine rings is 1. The maximum absolute atomic E-state index is 11.6. The molecule has 0 aromatic heterocycles. The van der Waals surface area contributed by atoms with Crippen LogP contribution in [0.5, 0.6) is 0 Å². The second kappa shape index (κ2) is 8.40. The molecule has 2 fully saturated rings. The van der Waals surface area contributed by atoms with Gasteiger partial charge >= 0.3 is 0 Å². The van der Waals surface area contributed by atoms with E-state index >= 15 is 0 Å². The van der Waals surface area contributed by atoms with E-state index < -0.39 is 0 Å². The summed E-state index contributed by atoms with van der Waals surface area (Å²) in [4.78, 5) is 30.6. The molecule has 2 N–H and O–H groups in total. The molecule has 0 aliphatic carbocycles. The topological polar surface area (TPSA) is 88.2 Å². The minimum Gasteiger partial charge on any atom is -0.378 e. The Kier molecular flexibility index (Phi) is 7.20. The number of halogens is 1. The van der Waals surface area contributed by atoms with Crippen molar-refractivity contribution in [2.24, 2.45) is 10.7 Å². The summed E-state index contributed by atoms with van der Waals surface area (Å²) in [5.41, 5.74) is 5.87. The highest BCUT2D eigenvalue weighted by atomic mass is 127. The minimum atomic E-state index is -0.101. The number of aliphatic imine (C=N–C) groups is 1. The van der Waals surface area contributed by atoms with Crippen molar-refractivity contribution in [1.82, 2.24) is 9.80 Å². The van der Waals surface area contributed by atoms with Gasteiger partial charge in [0.05, 0.1) is 19.8 Å². The first-order valence-corrected chi connectivity index (χ1v) is 6.64. The standard InChI is InChI=1S/C12H20N4O3.HI/c13-12(15-6-8-19-9-7-15)14-4-5-16-10(17)2-1-3-11(16)18;/h1-9H2,(H2,13,14);1H. The van der Waals surface area contributed by atoms with E-state index in [1.807, 2.05) is 4.90 Å². The minimum absolute atomic E-state index is 0. The lowest BCUT2D eigenvalue weighted by molar-refractivity contribution is -0.147. The molecular formula is C12H21IN4O3. The lowest BCUT2D eigenvalue weighted by Gasteiger charge is -2.28. The number of ether oxygens (including phenoxy) is 1. The molecule has 20 heavy (non-hydrogen) atoms. The molecule has 0 bridgehead atoms. The van der Waals surface area contributed by atoms with Gasteiger partial charge in [0.2, 0.25) is 11.8 Å². The number of rotatable bonds is 3. The largest absolute Gasteiger partial charge is 0.378 e. The molecule has 0 aromatic rings. The number of likely N-dealkylation sites (tertiary alicyclic amines) is 1. The number of carbonyl (C=O) groups is 2. The van der Waals surface area contributed by atoms with E-state index in [9.17, 15) is 9.59 Å². The van der Waals surface area contributed by atoms with Crippen molar-refractivity contribution in [2.75, 3.05) is 39.4 Å². The van der Waals surface area contributed by atoms with E-state index in [4.69, 9.17) is 10.5 Å². The fraction of sp³-hybridized carbons (Fsp3) is 0.750. The van der Waals surface area contributed by atoms with Crippen LogP contribution in [0.4, 0.5) is 0 Å². The van der Waals surface area contributed by atoms with Crippen molar-refractivity contribution < 1.29 is 14.3 Å². The average molecular weight is 396 g/mol. The highest BCUT2D eigenvalue weighted by Crippen LogP contribution is 2.11. The third-order valence-corrected chi connectivity index (χ3v) is 3.32. The summed E-state index contributed by atoms with van der Waals surface area (Å²) in [5, 5.41) is 0. The number of carbonyl (C=O) groups excluding carboxylic acids is 2. The number of amides is 2. The molecule has 114 valence electrons. The summed E-state index contributed by atoms with van der Waals surface area (Å²) < 4.78 is 5.23. The quantitative estimate of drug-likeness (QED) is 0.309. The monoisotopic (exact) mass is 396 g/mol. The summed E-state index contributed by atoms with van der Waals surface area (Å²) in [7, 11) is 0. The maximum atomic E-state index is 11.6. The summed E-state index contributed by atoms with van der Waals surface area (Å²) >= 11 is 0. The van der Waals surface area contributed by atoms with E-state index in [1.54, 1.807) is 0 Å². The predicted octanol–water partition coefficient (Wildman–Crippen LogP) is -0.210. The van der Waals surface area contributed by atoms with Gasteiger partial charge in [-0.3, -0.25) is 19.5 Å². The predicted molar refractivity (Wildman–Crippen MR) is 84.9 cm³/mol. The van der Waals surface area contributed by atoms with E-state index in [0.29, 0.717) is 51.5 Å². The van der Waals surface area contributed by atoms with Crippen molar-refractivity contribution in [2.45, 2.75) is 19.3 Å². The Balaban J connectivity index is 0.00000200. The zero-order chi connectivity index (χ0) is 13.7. The number of nitrogens with two attached hydrogens (primary N) is 1. The molecule has 2 amide bonds. The zero-order valence-corrected chi connectivity index (χ0v) is 13.7. The highest BCUT2D eigenvalue weighted by Gasteiger charge is 2.25. The highest BCUT2D eigenvalue weighted by molar-refractivity contribution is 14.0. The summed E-state index contributed by atoms with van der Waals surface area (Å²) in [5.74, 6) is 0.257.